The number of fused-ring (bicyclic) bond motifs is 1. The zero-order valence-electron chi connectivity index (χ0n) is 13.5. The van der Waals surface area contributed by atoms with E-state index in [9.17, 15) is 4.79 Å². The van der Waals surface area contributed by atoms with Gasteiger partial charge in [0.05, 0.1) is 4.53 Å². The van der Waals surface area contributed by atoms with Gasteiger partial charge in [-0.2, -0.15) is 9.50 Å². The van der Waals surface area contributed by atoms with Crippen LogP contribution in [0.5, 0.6) is 0 Å². The third kappa shape index (κ3) is 3.31. The summed E-state index contributed by atoms with van der Waals surface area (Å²) in [5.74, 6) is 0.551. The minimum Gasteiger partial charge on any atom is -0.266 e. The number of benzene rings is 1. The lowest BCUT2D eigenvalue weighted by Crippen LogP contribution is -2.23. The summed E-state index contributed by atoms with van der Waals surface area (Å²) in [7, 11) is 0. The summed E-state index contributed by atoms with van der Waals surface area (Å²) in [6.07, 6.45) is 6.68. The van der Waals surface area contributed by atoms with E-state index in [0.29, 0.717) is 15.3 Å². The molecule has 0 N–H and O–H groups in total. The Morgan fingerprint density at radius 1 is 1.16 bits per heavy atom. The first-order chi connectivity index (χ1) is 12.2. The number of rotatable bonds is 4. The largest absolute Gasteiger partial charge is 0.291 e. The zero-order chi connectivity index (χ0) is 17.2. The molecule has 124 valence electrons. The minimum absolute atomic E-state index is 0.122. The highest BCUT2D eigenvalue weighted by atomic mass is 32.1. The molecule has 4 aromatic rings. The predicted octanol–water partition coefficient (Wildman–Crippen LogP) is 3.49. The molecule has 0 aliphatic carbocycles. The summed E-state index contributed by atoms with van der Waals surface area (Å²) < 4.78 is 2.03. The first-order valence-electron chi connectivity index (χ1n) is 7.95. The molecule has 4 rings (SSSR count). The van der Waals surface area contributed by atoms with Crippen LogP contribution in [0.1, 0.15) is 28.8 Å². The highest BCUT2D eigenvalue weighted by Crippen LogP contribution is 2.12. The van der Waals surface area contributed by atoms with E-state index in [1.54, 1.807) is 11.3 Å². The molecule has 0 amide bonds. The molecule has 0 bridgehead atoms. The van der Waals surface area contributed by atoms with E-state index in [1.807, 2.05) is 47.9 Å². The van der Waals surface area contributed by atoms with Crippen molar-refractivity contribution in [3.63, 3.8) is 0 Å². The molecule has 6 heteroatoms. The van der Waals surface area contributed by atoms with Crippen LogP contribution < -0.4 is 10.1 Å². The fraction of sp³-hybridized carbons (Fsp3) is 0.105. The van der Waals surface area contributed by atoms with Crippen molar-refractivity contribution in [1.29, 1.82) is 0 Å². The SMILES string of the molecule is CCc1ccc(/C=c2\sc3nc(/C=C/c4cccs4)nn3c2=O)cc1. The van der Waals surface area contributed by atoms with Gasteiger partial charge in [-0.25, -0.2) is 0 Å². The Bertz CT molecular complexity index is 1140. The lowest BCUT2D eigenvalue weighted by atomic mass is 10.1. The van der Waals surface area contributed by atoms with Crippen molar-refractivity contribution in [2.24, 2.45) is 0 Å². The van der Waals surface area contributed by atoms with Crippen LogP contribution in [0.3, 0.4) is 0 Å². The van der Waals surface area contributed by atoms with E-state index in [-0.39, 0.29) is 5.56 Å². The van der Waals surface area contributed by atoms with Gasteiger partial charge in [0.1, 0.15) is 0 Å². The van der Waals surface area contributed by atoms with Gasteiger partial charge in [-0.1, -0.05) is 48.6 Å². The lowest BCUT2D eigenvalue weighted by Gasteiger charge is -1.96. The first kappa shape index (κ1) is 15.9. The normalized spacial score (nSPS) is 12.6. The van der Waals surface area contributed by atoms with Crippen molar-refractivity contribution in [2.45, 2.75) is 13.3 Å². The van der Waals surface area contributed by atoms with E-state index in [4.69, 9.17) is 0 Å². The molecule has 0 aliphatic rings. The molecule has 3 aromatic heterocycles. The van der Waals surface area contributed by atoms with Gasteiger partial charge in [0, 0.05) is 4.88 Å². The van der Waals surface area contributed by atoms with Gasteiger partial charge in [0.25, 0.3) is 5.56 Å². The Labute approximate surface area is 152 Å². The van der Waals surface area contributed by atoms with E-state index >= 15 is 0 Å². The summed E-state index contributed by atoms with van der Waals surface area (Å²) in [6, 6.07) is 12.2. The highest BCUT2D eigenvalue weighted by molar-refractivity contribution is 7.15. The number of hydrogen-bond donors (Lipinski definition) is 0. The second-order valence-corrected chi connectivity index (χ2v) is 7.51. The van der Waals surface area contributed by atoms with Gasteiger partial charge in [-0.15, -0.1) is 16.4 Å². The number of thiazole rings is 1. The summed E-state index contributed by atoms with van der Waals surface area (Å²) >= 11 is 3.01. The Hall–Kier alpha value is -2.57. The minimum atomic E-state index is -0.122. The average Bonchev–Trinajstić information content (AvgIpc) is 3.34. The second kappa shape index (κ2) is 6.74. The molecular weight excluding hydrogens is 350 g/mol. The molecule has 0 spiro atoms. The highest BCUT2D eigenvalue weighted by Gasteiger charge is 2.08. The standard InChI is InChI=1S/C19H15N3OS2/c1-2-13-5-7-14(8-6-13)12-16-18(23)22-19(25-16)20-17(21-22)10-9-15-4-3-11-24-15/h3-12H,2H2,1H3/b10-9+,16-12-. The van der Waals surface area contributed by atoms with Crippen LogP contribution in [0.2, 0.25) is 0 Å². The van der Waals surface area contributed by atoms with Gasteiger partial charge < -0.3 is 0 Å². The molecule has 25 heavy (non-hydrogen) atoms. The smallest absolute Gasteiger partial charge is 0.266 e. The van der Waals surface area contributed by atoms with E-state index < -0.39 is 0 Å². The Morgan fingerprint density at radius 2 is 2.00 bits per heavy atom. The van der Waals surface area contributed by atoms with Gasteiger partial charge >= 0.3 is 0 Å². The van der Waals surface area contributed by atoms with Crippen LogP contribution in [-0.4, -0.2) is 14.6 Å². The van der Waals surface area contributed by atoms with Gasteiger partial charge in [0.15, 0.2) is 5.82 Å². The average molecular weight is 365 g/mol. The third-order valence-corrected chi connectivity index (χ3v) is 5.62. The van der Waals surface area contributed by atoms with Gasteiger partial charge in [0.2, 0.25) is 4.96 Å². The van der Waals surface area contributed by atoms with Gasteiger partial charge in [-0.05, 0) is 47.2 Å². The number of nitrogens with zero attached hydrogens (tertiary/aromatic N) is 3. The maximum Gasteiger partial charge on any atom is 0.291 e. The van der Waals surface area contributed by atoms with E-state index in [0.717, 1.165) is 16.9 Å². The molecular formula is C19H15N3OS2. The van der Waals surface area contributed by atoms with Crippen LogP contribution in [0.15, 0.2) is 46.6 Å². The molecule has 0 aliphatic heterocycles. The molecule has 0 saturated carbocycles. The van der Waals surface area contributed by atoms with Crippen LogP contribution in [0, 0.1) is 0 Å². The number of aryl methyl sites for hydroxylation is 1. The van der Waals surface area contributed by atoms with Crippen molar-refractivity contribution in [3.05, 3.63) is 78.5 Å². The van der Waals surface area contributed by atoms with E-state index in [1.165, 1.54) is 21.4 Å². The quantitative estimate of drug-likeness (QED) is 0.556. The van der Waals surface area contributed by atoms with Crippen molar-refractivity contribution >= 4 is 45.9 Å². The molecule has 0 unspecified atom stereocenters. The first-order valence-corrected chi connectivity index (χ1v) is 9.64. The number of hydrogen-bond acceptors (Lipinski definition) is 5. The molecule has 0 saturated heterocycles. The third-order valence-electron chi connectivity index (χ3n) is 3.82. The summed E-state index contributed by atoms with van der Waals surface area (Å²) in [5.41, 5.74) is 2.17. The molecule has 0 fully saturated rings. The monoisotopic (exact) mass is 365 g/mol. The maximum absolute atomic E-state index is 12.5. The molecule has 0 atom stereocenters. The van der Waals surface area contributed by atoms with Crippen LogP contribution in [-0.2, 0) is 6.42 Å². The van der Waals surface area contributed by atoms with Crippen LogP contribution >= 0.6 is 22.7 Å². The van der Waals surface area contributed by atoms with Crippen molar-refractivity contribution in [2.75, 3.05) is 0 Å². The molecule has 3 heterocycles. The van der Waals surface area contributed by atoms with Crippen molar-refractivity contribution in [3.8, 4) is 0 Å². The van der Waals surface area contributed by atoms with Crippen LogP contribution in [0.25, 0.3) is 23.2 Å². The Morgan fingerprint density at radius 3 is 2.68 bits per heavy atom. The van der Waals surface area contributed by atoms with E-state index in [2.05, 4.69) is 29.1 Å². The molecule has 4 nitrogen and oxygen atoms in total. The maximum atomic E-state index is 12.5. The predicted molar refractivity (Wildman–Crippen MR) is 105 cm³/mol. The van der Waals surface area contributed by atoms with Gasteiger partial charge in [-0.3, -0.25) is 4.79 Å². The number of thiophene rings is 1. The molecule has 1 aromatic carbocycles. The lowest BCUT2D eigenvalue weighted by molar-refractivity contribution is 0.925. The second-order valence-electron chi connectivity index (χ2n) is 5.52. The zero-order valence-corrected chi connectivity index (χ0v) is 15.2. The number of aromatic nitrogens is 3. The fourth-order valence-electron chi connectivity index (χ4n) is 2.46. The van der Waals surface area contributed by atoms with Crippen molar-refractivity contribution in [1.82, 2.24) is 14.6 Å². The Balaban J connectivity index is 1.67. The summed E-state index contributed by atoms with van der Waals surface area (Å²) in [4.78, 5) is 18.7. The molecule has 0 radical (unpaired) electrons. The van der Waals surface area contributed by atoms with Crippen LogP contribution in [0.4, 0.5) is 0 Å². The fourth-order valence-corrected chi connectivity index (χ4v) is 4.00. The Kier molecular flexibility index (Phi) is 4.29. The summed E-state index contributed by atoms with van der Waals surface area (Å²) in [5, 5.41) is 6.32. The topological polar surface area (TPSA) is 47.3 Å². The summed E-state index contributed by atoms with van der Waals surface area (Å²) in [6.45, 7) is 2.12. The van der Waals surface area contributed by atoms with Crippen molar-refractivity contribution < 1.29 is 0 Å².